The minimum Gasteiger partial charge on any atom is -0.356 e. The van der Waals surface area contributed by atoms with Gasteiger partial charge in [-0.3, -0.25) is 19.3 Å². The van der Waals surface area contributed by atoms with Gasteiger partial charge in [0.25, 0.3) is 11.8 Å². The van der Waals surface area contributed by atoms with E-state index in [0.29, 0.717) is 23.1 Å². The highest BCUT2D eigenvalue weighted by atomic mass is 16.2. The van der Waals surface area contributed by atoms with Crippen molar-refractivity contribution in [1.82, 2.24) is 10.2 Å². The van der Waals surface area contributed by atoms with E-state index >= 15 is 0 Å². The third-order valence-electron chi connectivity index (χ3n) is 5.00. The Bertz CT molecular complexity index is 1010. The van der Waals surface area contributed by atoms with E-state index in [0.717, 1.165) is 17.4 Å². The van der Waals surface area contributed by atoms with E-state index in [9.17, 15) is 14.4 Å². The van der Waals surface area contributed by atoms with E-state index in [2.05, 4.69) is 5.32 Å². The van der Waals surface area contributed by atoms with Gasteiger partial charge in [0.15, 0.2) is 0 Å². The maximum absolute atomic E-state index is 12.8. The topological polar surface area (TPSA) is 66.5 Å². The van der Waals surface area contributed by atoms with E-state index in [1.165, 1.54) is 4.90 Å². The summed E-state index contributed by atoms with van der Waals surface area (Å²) in [5.41, 5.74) is 2.17. The average Bonchev–Trinajstić information content (AvgIpc) is 2.72. The zero-order valence-corrected chi connectivity index (χ0v) is 15.4. The van der Waals surface area contributed by atoms with Gasteiger partial charge in [-0.05, 0) is 29.5 Å². The van der Waals surface area contributed by atoms with Gasteiger partial charge < -0.3 is 5.32 Å². The first-order valence-electron chi connectivity index (χ1n) is 9.34. The van der Waals surface area contributed by atoms with Gasteiger partial charge in [-0.2, -0.15) is 0 Å². The Morgan fingerprint density at radius 2 is 1.46 bits per heavy atom. The van der Waals surface area contributed by atoms with E-state index in [-0.39, 0.29) is 30.7 Å². The Hall–Kier alpha value is -3.47. The van der Waals surface area contributed by atoms with Gasteiger partial charge in [-0.15, -0.1) is 0 Å². The van der Waals surface area contributed by atoms with Gasteiger partial charge in [0, 0.05) is 36.0 Å². The summed E-state index contributed by atoms with van der Waals surface area (Å²) in [6, 6.07) is 20.7. The molecule has 3 aromatic carbocycles. The van der Waals surface area contributed by atoms with Crippen LogP contribution in [0.4, 0.5) is 0 Å². The minimum atomic E-state index is -0.341. The van der Waals surface area contributed by atoms with Crippen LogP contribution in [0.2, 0.25) is 0 Å². The summed E-state index contributed by atoms with van der Waals surface area (Å²) >= 11 is 0. The van der Waals surface area contributed by atoms with Crippen LogP contribution >= 0.6 is 0 Å². The molecule has 0 saturated carbocycles. The van der Waals surface area contributed by atoms with E-state index < -0.39 is 0 Å². The fraction of sp³-hybridized carbons (Fsp3) is 0.174. The molecule has 5 heteroatoms. The number of hydrogen-bond donors (Lipinski definition) is 1. The highest BCUT2D eigenvalue weighted by Gasteiger charge is 2.32. The van der Waals surface area contributed by atoms with Gasteiger partial charge >= 0.3 is 0 Å². The Morgan fingerprint density at radius 1 is 0.821 bits per heavy atom. The number of nitrogens with one attached hydrogen (secondary N) is 1. The molecule has 4 rings (SSSR count). The molecule has 0 bridgehead atoms. The third-order valence-corrected chi connectivity index (χ3v) is 5.00. The highest BCUT2D eigenvalue weighted by Crippen LogP contribution is 2.29. The normalized spacial score (nSPS) is 13.1. The fourth-order valence-electron chi connectivity index (χ4n) is 3.58. The molecule has 140 valence electrons. The molecule has 0 aromatic heterocycles. The van der Waals surface area contributed by atoms with Crippen LogP contribution < -0.4 is 5.32 Å². The monoisotopic (exact) mass is 372 g/mol. The Kier molecular flexibility index (Phi) is 4.89. The Morgan fingerprint density at radius 3 is 2.11 bits per heavy atom. The molecule has 1 aliphatic rings. The molecule has 0 fully saturated rings. The summed E-state index contributed by atoms with van der Waals surface area (Å²) in [4.78, 5) is 38.9. The van der Waals surface area contributed by atoms with Crippen LogP contribution in [0.1, 0.15) is 32.7 Å². The van der Waals surface area contributed by atoms with Crippen LogP contribution in [-0.2, 0) is 11.2 Å². The first-order chi connectivity index (χ1) is 13.6. The second kappa shape index (κ2) is 7.64. The van der Waals surface area contributed by atoms with Crippen molar-refractivity contribution in [1.29, 1.82) is 0 Å². The number of hydrogen-bond acceptors (Lipinski definition) is 3. The maximum atomic E-state index is 12.8. The SMILES string of the molecule is O=C(CCN1C(=O)c2cccc3cccc(c23)C1=O)NCCc1ccccc1. The van der Waals surface area contributed by atoms with E-state index in [4.69, 9.17) is 0 Å². The molecule has 28 heavy (non-hydrogen) atoms. The number of amides is 3. The molecule has 0 spiro atoms. The maximum Gasteiger partial charge on any atom is 0.261 e. The molecule has 1 N–H and O–H groups in total. The number of rotatable bonds is 6. The van der Waals surface area contributed by atoms with Crippen molar-refractivity contribution in [3.63, 3.8) is 0 Å². The van der Waals surface area contributed by atoms with E-state index in [1.807, 2.05) is 54.6 Å². The summed E-state index contributed by atoms with van der Waals surface area (Å²) in [7, 11) is 0. The summed E-state index contributed by atoms with van der Waals surface area (Å²) < 4.78 is 0. The largest absolute Gasteiger partial charge is 0.356 e. The van der Waals surface area contributed by atoms with Gasteiger partial charge in [0.2, 0.25) is 5.91 Å². The zero-order valence-electron chi connectivity index (χ0n) is 15.4. The molecule has 0 atom stereocenters. The lowest BCUT2D eigenvalue weighted by Gasteiger charge is -2.27. The smallest absolute Gasteiger partial charge is 0.261 e. The van der Waals surface area contributed by atoms with Crippen LogP contribution in [0.5, 0.6) is 0 Å². The molecule has 1 aliphatic heterocycles. The van der Waals surface area contributed by atoms with Crippen molar-refractivity contribution in [2.45, 2.75) is 12.8 Å². The fourth-order valence-corrected chi connectivity index (χ4v) is 3.58. The van der Waals surface area contributed by atoms with Gasteiger partial charge in [0.1, 0.15) is 0 Å². The second-order valence-electron chi connectivity index (χ2n) is 6.81. The number of carbonyl (C=O) groups is 3. The summed E-state index contributed by atoms with van der Waals surface area (Å²) in [6.07, 6.45) is 0.827. The summed E-state index contributed by atoms with van der Waals surface area (Å²) in [5, 5.41) is 4.42. The lowest BCUT2D eigenvalue weighted by atomic mass is 9.94. The third kappa shape index (κ3) is 3.39. The number of imide groups is 1. The minimum absolute atomic E-state index is 0.0690. The molecule has 3 amide bonds. The van der Waals surface area contributed by atoms with Crippen molar-refractivity contribution >= 4 is 28.5 Å². The van der Waals surface area contributed by atoms with Crippen molar-refractivity contribution < 1.29 is 14.4 Å². The van der Waals surface area contributed by atoms with Crippen LogP contribution in [0, 0.1) is 0 Å². The Balaban J connectivity index is 1.39. The Labute approximate surface area is 163 Å². The number of benzene rings is 3. The van der Waals surface area contributed by atoms with Crippen molar-refractivity contribution in [2.24, 2.45) is 0 Å². The van der Waals surface area contributed by atoms with Crippen molar-refractivity contribution in [2.75, 3.05) is 13.1 Å². The van der Waals surface area contributed by atoms with Crippen molar-refractivity contribution in [3.05, 3.63) is 83.4 Å². The average molecular weight is 372 g/mol. The molecule has 0 unspecified atom stereocenters. The standard InChI is InChI=1S/C23H20N2O3/c26-20(24-14-12-16-6-2-1-3-7-16)13-15-25-22(27)18-10-4-8-17-9-5-11-19(21(17)18)23(25)28/h1-11H,12-15H2,(H,24,26). The second-order valence-corrected chi connectivity index (χ2v) is 6.81. The highest BCUT2D eigenvalue weighted by molar-refractivity contribution is 6.25. The molecular formula is C23H20N2O3. The number of carbonyl (C=O) groups excluding carboxylic acids is 3. The molecule has 0 saturated heterocycles. The van der Waals surface area contributed by atoms with Gasteiger partial charge in [-0.25, -0.2) is 0 Å². The number of nitrogens with zero attached hydrogens (tertiary/aromatic N) is 1. The molecule has 0 aliphatic carbocycles. The summed E-state index contributed by atoms with van der Waals surface area (Å²) in [5.74, 6) is -0.855. The predicted octanol–water partition coefficient (Wildman–Crippen LogP) is 3.18. The first kappa shape index (κ1) is 17.9. The quantitative estimate of drug-likeness (QED) is 0.676. The van der Waals surface area contributed by atoms with Crippen LogP contribution in [-0.4, -0.2) is 35.7 Å². The molecular weight excluding hydrogens is 352 g/mol. The zero-order chi connectivity index (χ0) is 19.5. The predicted molar refractivity (Wildman–Crippen MR) is 107 cm³/mol. The lowest BCUT2D eigenvalue weighted by molar-refractivity contribution is -0.121. The first-order valence-corrected chi connectivity index (χ1v) is 9.34. The molecule has 1 heterocycles. The molecule has 3 aromatic rings. The van der Waals surface area contributed by atoms with Crippen LogP contribution in [0.15, 0.2) is 66.7 Å². The molecule has 0 radical (unpaired) electrons. The van der Waals surface area contributed by atoms with E-state index in [1.54, 1.807) is 12.1 Å². The summed E-state index contributed by atoms with van der Waals surface area (Å²) in [6.45, 7) is 0.590. The van der Waals surface area contributed by atoms with Crippen LogP contribution in [0.3, 0.4) is 0 Å². The van der Waals surface area contributed by atoms with Gasteiger partial charge in [0.05, 0.1) is 0 Å². The van der Waals surface area contributed by atoms with Gasteiger partial charge in [-0.1, -0.05) is 54.6 Å². The lowest BCUT2D eigenvalue weighted by Crippen LogP contribution is -2.42. The van der Waals surface area contributed by atoms with Crippen LogP contribution in [0.25, 0.3) is 10.8 Å². The molecule has 5 nitrogen and oxygen atoms in total. The van der Waals surface area contributed by atoms with Crippen molar-refractivity contribution in [3.8, 4) is 0 Å².